The van der Waals surface area contributed by atoms with Crippen LogP contribution in [0.5, 0.6) is 0 Å². The number of carboxylic acids is 1. The van der Waals surface area contributed by atoms with Gasteiger partial charge >= 0.3 is 5.97 Å². The lowest BCUT2D eigenvalue weighted by Gasteiger charge is -2.30. The molecule has 108 valence electrons. The van der Waals surface area contributed by atoms with Crippen LogP contribution in [0.1, 0.15) is 5.56 Å². The van der Waals surface area contributed by atoms with Gasteiger partial charge in [0, 0.05) is 18.8 Å². The molecule has 0 radical (unpaired) electrons. The monoisotopic (exact) mass is 278 g/mol. The molecule has 1 fully saturated rings. The highest BCUT2D eigenvalue weighted by molar-refractivity contribution is 5.93. The highest BCUT2D eigenvalue weighted by Crippen LogP contribution is 2.13. The predicted octanol–water partition coefficient (Wildman–Crippen LogP) is 0.719. The molecule has 1 unspecified atom stereocenters. The van der Waals surface area contributed by atoms with Gasteiger partial charge < -0.3 is 15.2 Å². The molecule has 1 saturated heterocycles. The number of morpholine rings is 1. The molecule has 0 aliphatic carbocycles. The fraction of sp³-hybridized carbons (Fsp3) is 0.429. The molecule has 0 bridgehead atoms. The summed E-state index contributed by atoms with van der Waals surface area (Å²) in [6.07, 6.45) is -0.852. The number of benzene rings is 1. The molecule has 0 saturated carbocycles. The van der Waals surface area contributed by atoms with Gasteiger partial charge in [-0.15, -0.1) is 0 Å². The Morgan fingerprint density at radius 3 is 2.90 bits per heavy atom. The number of amides is 1. The number of para-hydroxylation sites is 1. The number of rotatable bonds is 4. The second-order valence-electron chi connectivity index (χ2n) is 4.80. The summed E-state index contributed by atoms with van der Waals surface area (Å²) in [7, 11) is 0. The third-order valence-electron chi connectivity index (χ3n) is 3.21. The molecule has 1 heterocycles. The largest absolute Gasteiger partial charge is 0.479 e. The van der Waals surface area contributed by atoms with Gasteiger partial charge in [-0.3, -0.25) is 9.69 Å². The number of anilines is 1. The van der Waals surface area contributed by atoms with E-state index < -0.39 is 12.1 Å². The van der Waals surface area contributed by atoms with Crippen molar-refractivity contribution in [3.8, 4) is 0 Å². The van der Waals surface area contributed by atoms with E-state index in [2.05, 4.69) is 5.32 Å². The van der Waals surface area contributed by atoms with E-state index in [1.165, 1.54) is 0 Å². The van der Waals surface area contributed by atoms with E-state index in [0.29, 0.717) is 13.2 Å². The van der Waals surface area contributed by atoms with Crippen molar-refractivity contribution in [1.29, 1.82) is 0 Å². The van der Waals surface area contributed by atoms with Crippen LogP contribution < -0.4 is 5.32 Å². The molecule has 2 N–H and O–H groups in total. The van der Waals surface area contributed by atoms with E-state index in [1.807, 2.05) is 31.2 Å². The molecule has 2 rings (SSSR count). The van der Waals surface area contributed by atoms with Gasteiger partial charge in [0.25, 0.3) is 0 Å². The van der Waals surface area contributed by atoms with Gasteiger partial charge in [0.15, 0.2) is 6.10 Å². The standard InChI is InChI=1S/C14H18N2O4/c1-10-4-2-3-5-11(10)15-13(17)9-16-6-7-20-12(8-16)14(18)19/h2-5,12H,6-9H2,1H3,(H,15,17)(H,18,19). The van der Waals surface area contributed by atoms with Crippen molar-refractivity contribution in [2.45, 2.75) is 13.0 Å². The van der Waals surface area contributed by atoms with Crippen LogP contribution in [0.25, 0.3) is 0 Å². The van der Waals surface area contributed by atoms with Crippen molar-refractivity contribution in [3.05, 3.63) is 29.8 Å². The van der Waals surface area contributed by atoms with Gasteiger partial charge in [-0.1, -0.05) is 18.2 Å². The highest BCUT2D eigenvalue weighted by atomic mass is 16.5. The molecule has 1 aliphatic rings. The van der Waals surface area contributed by atoms with Gasteiger partial charge in [-0.25, -0.2) is 4.79 Å². The summed E-state index contributed by atoms with van der Waals surface area (Å²) in [6.45, 7) is 3.21. The first-order valence-corrected chi connectivity index (χ1v) is 6.48. The Labute approximate surface area is 117 Å². The second-order valence-corrected chi connectivity index (χ2v) is 4.80. The Morgan fingerprint density at radius 2 is 2.20 bits per heavy atom. The van der Waals surface area contributed by atoms with E-state index in [0.717, 1.165) is 11.3 Å². The molecule has 1 amide bonds. The maximum absolute atomic E-state index is 12.0. The molecule has 20 heavy (non-hydrogen) atoms. The molecular formula is C14H18N2O4. The Bertz CT molecular complexity index is 504. The minimum absolute atomic E-state index is 0.148. The Balaban J connectivity index is 1.88. The molecule has 1 aromatic rings. The number of aryl methyl sites for hydroxylation is 1. The molecule has 1 atom stereocenters. The first kappa shape index (κ1) is 14.5. The van der Waals surface area contributed by atoms with Crippen LogP contribution in [0.15, 0.2) is 24.3 Å². The molecule has 0 spiro atoms. The first-order valence-electron chi connectivity index (χ1n) is 6.48. The van der Waals surface area contributed by atoms with Crippen LogP contribution >= 0.6 is 0 Å². The van der Waals surface area contributed by atoms with Gasteiger partial charge in [-0.2, -0.15) is 0 Å². The smallest absolute Gasteiger partial charge is 0.334 e. The lowest BCUT2D eigenvalue weighted by atomic mass is 10.2. The zero-order valence-electron chi connectivity index (χ0n) is 11.3. The molecular weight excluding hydrogens is 260 g/mol. The van der Waals surface area contributed by atoms with Crippen LogP contribution in [-0.4, -0.2) is 54.2 Å². The number of nitrogens with zero attached hydrogens (tertiary/aromatic N) is 1. The normalized spacial score (nSPS) is 19.6. The Morgan fingerprint density at radius 1 is 1.45 bits per heavy atom. The highest BCUT2D eigenvalue weighted by Gasteiger charge is 2.27. The molecule has 1 aliphatic heterocycles. The van der Waals surface area contributed by atoms with Crippen molar-refractivity contribution in [1.82, 2.24) is 4.90 Å². The molecule has 1 aromatic carbocycles. The zero-order valence-corrected chi connectivity index (χ0v) is 11.3. The third kappa shape index (κ3) is 3.79. The Hall–Kier alpha value is -1.92. The average molecular weight is 278 g/mol. The number of hydrogen-bond donors (Lipinski definition) is 2. The summed E-state index contributed by atoms with van der Waals surface area (Å²) in [5.41, 5.74) is 1.77. The van der Waals surface area contributed by atoms with Crippen LogP contribution in [-0.2, 0) is 14.3 Å². The minimum Gasteiger partial charge on any atom is -0.479 e. The number of ether oxygens (including phenoxy) is 1. The Kier molecular flexibility index (Phi) is 4.70. The van der Waals surface area contributed by atoms with E-state index in [1.54, 1.807) is 4.90 Å². The van der Waals surface area contributed by atoms with Gasteiger partial charge in [-0.05, 0) is 18.6 Å². The average Bonchev–Trinajstić information content (AvgIpc) is 2.41. The van der Waals surface area contributed by atoms with Crippen molar-refractivity contribution in [2.24, 2.45) is 0 Å². The summed E-state index contributed by atoms with van der Waals surface area (Å²) in [5.74, 6) is -1.14. The predicted molar refractivity (Wildman–Crippen MR) is 73.6 cm³/mol. The van der Waals surface area contributed by atoms with Crippen LogP contribution in [0.4, 0.5) is 5.69 Å². The quantitative estimate of drug-likeness (QED) is 0.848. The van der Waals surface area contributed by atoms with E-state index in [4.69, 9.17) is 9.84 Å². The van der Waals surface area contributed by atoms with Crippen molar-refractivity contribution >= 4 is 17.6 Å². The van der Waals surface area contributed by atoms with Gasteiger partial charge in [0.05, 0.1) is 13.2 Å². The maximum atomic E-state index is 12.0. The fourth-order valence-corrected chi connectivity index (χ4v) is 2.10. The minimum atomic E-state index is -0.992. The van der Waals surface area contributed by atoms with E-state index in [9.17, 15) is 9.59 Å². The summed E-state index contributed by atoms with van der Waals surface area (Å²) in [4.78, 5) is 24.6. The molecule has 6 heteroatoms. The van der Waals surface area contributed by atoms with Crippen LogP contribution in [0, 0.1) is 6.92 Å². The topological polar surface area (TPSA) is 78.9 Å². The first-order chi connectivity index (χ1) is 9.56. The fourth-order valence-electron chi connectivity index (χ4n) is 2.10. The molecule has 6 nitrogen and oxygen atoms in total. The lowest BCUT2D eigenvalue weighted by Crippen LogP contribution is -2.48. The van der Waals surface area contributed by atoms with E-state index >= 15 is 0 Å². The number of carbonyl (C=O) groups is 2. The van der Waals surface area contributed by atoms with Crippen LogP contribution in [0.2, 0.25) is 0 Å². The van der Waals surface area contributed by atoms with Crippen molar-refractivity contribution < 1.29 is 19.4 Å². The maximum Gasteiger partial charge on any atom is 0.334 e. The SMILES string of the molecule is Cc1ccccc1NC(=O)CN1CCOC(C(=O)O)C1. The van der Waals surface area contributed by atoms with Crippen molar-refractivity contribution in [3.63, 3.8) is 0 Å². The summed E-state index contributed by atoms with van der Waals surface area (Å²) < 4.78 is 5.12. The zero-order chi connectivity index (χ0) is 14.5. The third-order valence-corrected chi connectivity index (χ3v) is 3.21. The van der Waals surface area contributed by atoms with Gasteiger partial charge in [0.2, 0.25) is 5.91 Å². The number of carbonyl (C=O) groups excluding carboxylic acids is 1. The van der Waals surface area contributed by atoms with E-state index in [-0.39, 0.29) is 19.0 Å². The number of hydrogen-bond acceptors (Lipinski definition) is 4. The lowest BCUT2D eigenvalue weighted by molar-refractivity contribution is -0.156. The summed E-state index contributed by atoms with van der Waals surface area (Å²) >= 11 is 0. The number of nitrogens with one attached hydrogen (secondary N) is 1. The second kappa shape index (κ2) is 6.49. The molecule has 0 aromatic heterocycles. The van der Waals surface area contributed by atoms with Gasteiger partial charge in [0.1, 0.15) is 0 Å². The van der Waals surface area contributed by atoms with Crippen LogP contribution in [0.3, 0.4) is 0 Å². The van der Waals surface area contributed by atoms with Crippen molar-refractivity contribution in [2.75, 3.05) is 31.6 Å². The number of carboxylic acid groups (broad SMARTS) is 1. The summed E-state index contributed by atoms with van der Waals surface area (Å²) in [6, 6.07) is 7.53. The summed E-state index contributed by atoms with van der Waals surface area (Å²) in [5, 5.41) is 11.7. The number of aliphatic carboxylic acids is 1.